The van der Waals surface area contributed by atoms with Gasteiger partial charge in [0.1, 0.15) is 5.58 Å². The number of furan rings is 1. The summed E-state index contributed by atoms with van der Waals surface area (Å²) < 4.78 is 5.54. The molecule has 1 heterocycles. The van der Waals surface area contributed by atoms with Crippen LogP contribution in [-0.4, -0.2) is 18.0 Å². The molecule has 1 amide bonds. The van der Waals surface area contributed by atoms with Crippen molar-refractivity contribution in [3.63, 3.8) is 0 Å². The zero-order chi connectivity index (χ0) is 14.9. The number of hydrogen-bond acceptors (Lipinski definition) is 3. The monoisotopic (exact) mass is 310 g/mol. The molecule has 116 valence electrons. The smallest absolute Gasteiger partial charge is 0.225 e. The van der Waals surface area contributed by atoms with Crippen molar-refractivity contribution in [3.05, 3.63) is 35.1 Å². The first-order chi connectivity index (χ1) is 9.32. The minimum absolute atomic E-state index is 0. The largest absolute Gasteiger partial charge is 0.464 e. The molecule has 5 heteroatoms. The van der Waals surface area contributed by atoms with Gasteiger partial charge in [0, 0.05) is 23.0 Å². The number of carbonyl (C=O) groups is 1. The summed E-state index contributed by atoms with van der Waals surface area (Å²) >= 11 is 0. The van der Waals surface area contributed by atoms with Crippen LogP contribution in [0.2, 0.25) is 0 Å². The SMILES string of the molecule is Cc1cc2occ(CC(=O)NC(C)(C)CN)c2cc1C.Cl. The Labute approximate surface area is 131 Å². The number of benzene rings is 1. The van der Waals surface area contributed by atoms with E-state index in [4.69, 9.17) is 10.2 Å². The summed E-state index contributed by atoms with van der Waals surface area (Å²) in [4.78, 5) is 12.1. The summed E-state index contributed by atoms with van der Waals surface area (Å²) in [5.74, 6) is -0.0404. The molecular weight excluding hydrogens is 288 g/mol. The minimum Gasteiger partial charge on any atom is -0.464 e. The van der Waals surface area contributed by atoms with Crippen LogP contribution in [0.15, 0.2) is 22.8 Å². The number of aryl methyl sites for hydroxylation is 2. The molecule has 2 rings (SSSR count). The molecule has 1 aromatic heterocycles. The highest BCUT2D eigenvalue weighted by molar-refractivity contribution is 5.88. The van der Waals surface area contributed by atoms with Crippen molar-refractivity contribution in [1.82, 2.24) is 5.32 Å². The summed E-state index contributed by atoms with van der Waals surface area (Å²) in [5.41, 5.74) is 9.36. The molecule has 0 radical (unpaired) electrons. The molecule has 2 aromatic rings. The van der Waals surface area contributed by atoms with Crippen LogP contribution in [0.1, 0.15) is 30.5 Å². The van der Waals surface area contributed by atoms with Crippen LogP contribution in [0.25, 0.3) is 11.0 Å². The molecule has 0 saturated heterocycles. The van der Waals surface area contributed by atoms with Crippen molar-refractivity contribution in [3.8, 4) is 0 Å². The van der Waals surface area contributed by atoms with Gasteiger partial charge in [0.2, 0.25) is 5.91 Å². The molecule has 0 bridgehead atoms. The number of rotatable bonds is 4. The molecule has 0 saturated carbocycles. The maximum absolute atomic E-state index is 12.1. The van der Waals surface area contributed by atoms with Crippen LogP contribution in [0.4, 0.5) is 0 Å². The zero-order valence-corrected chi connectivity index (χ0v) is 13.8. The number of fused-ring (bicyclic) bond motifs is 1. The normalized spacial score (nSPS) is 11.3. The molecule has 21 heavy (non-hydrogen) atoms. The Hall–Kier alpha value is -1.52. The van der Waals surface area contributed by atoms with Crippen LogP contribution in [0, 0.1) is 13.8 Å². The lowest BCUT2D eigenvalue weighted by atomic mass is 10.0. The van der Waals surface area contributed by atoms with Gasteiger partial charge in [-0.1, -0.05) is 0 Å². The van der Waals surface area contributed by atoms with Gasteiger partial charge in [-0.05, 0) is 51.0 Å². The number of nitrogens with one attached hydrogen (secondary N) is 1. The predicted molar refractivity (Wildman–Crippen MR) is 87.9 cm³/mol. The van der Waals surface area contributed by atoms with Crippen LogP contribution < -0.4 is 11.1 Å². The van der Waals surface area contributed by atoms with Gasteiger partial charge in [0.15, 0.2) is 0 Å². The second kappa shape index (κ2) is 6.50. The molecule has 4 nitrogen and oxygen atoms in total. The van der Waals surface area contributed by atoms with E-state index >= 15 is 0 Å². The Morgan fingerprint density at radius 1 is 1.29 bits per heavy atom. The van der Waals surface area contributed by atoms with Gasteiger partial charge in [0.25, 0.3) is 0 Å². The molecule has 0 aliphatic carbocycles. The molecule has 3 N–H and O–H groups in total. The Morgan fingerprint density at radius 2 is 1.90 bits per heavy atom. The standard InChI is InChI=1S/C16H22N2O2.ClH/c1-10-5-13-12(8-20-14(13)6-11(10)2)7-15(19)18-16(3,4)9-17;/h5-6,8H,7,9,17H2,1-4H3,(H,18,19);1H. The van der Waals surface area contributed by atoms with Crippen LogP contribution in [0.3, 0.4) is 0 Å². The molecule has 0 fully saturated rings. The van der Waals surface area contributed by atoms with E-state index in [2.05, 4.69) is 18.3 Å². The van der Waals surface area contributed by atoms with Crippen molar-refractivity contribution < 1.29 is 9.21 Å². The van der Waals surface area contributed by atoms with E-state index in [-0.39, 0.29) is 23.9 Å². The number of amides is 1. The first-order valence-electron chi connectivity index (χ1n) is 6.81. The Morgan fingerprint density at radius 3 is 2.52 bits per heavy atom. The van der Waals surface area contributed by atoms with Crippen molar-refractivity contribution in [2.75, 3.05) is 6.54 Å². The molecule has 0 spiro atoms. The maximum atomic E-state index is 12.1. The third kappa shape index (κ3) is 3.99. The highest BCUT2D eigenvalue weighted by atomic mass is 35.5. The zero-order valence-electron chi connectivity index (χ0n) is 12.9. The highest BCUT2D eigenvalue weighted by Gasteiger charge is 2.19. The van der Waals surface area contributed by atoms with E-state index in [0.29, 0.717) is 13.0 Å². The van der Waals surface area contributed by atoms with Gasteiger partial charge >= 0.3 is 0 Å². The molecular formula is C16H23ClN2O2. The third-order valence-corrected chi connectivity index (χ3v) is 3.61. The number of hydrogen-bond donors (Lipinski definition) is 2. The quantitative estimate of drug-likeness (QED) is 0.912. The molecule has 0 unspecified atom stereocenters. The van der Waals surface area contributed by atoms with Crippen LogP contribution in [0.5, 0.6) is 0 Å². The van der Waals surface area contributed by atoms with E-state index in [0.717, 1.165) is 16.5 Å². The van der Waals surface area contributed by atoms with Crippen LogP contribution in [-0.2, 0) is 11.2 Å². The lowest BCUT2D eigenvalue weighted by molar-refractivity contribution is -0.121. The van der Waals surface area contributed by atoms with E-state index < -0.39 is 0 Å². The molecule has 0 aliphatic rings. The van der Waals surface area contributed by atoms with Crippen molar-refractivity contribution in [1.29, 1.82) is 0 Å². The van der Waals surface area contributed by atoms with Crippen molar-refractivity contribution >= 4 is 29.3 Å². The van der Waals surface area contributed by atoms with E-state index in [1.54, 1.807) is 6.26 Å². The number of carbonyl (C=O) groups excluding carboxylic acids is 1. The number of nitrogens with two attached hydrogens (primary N) is 1. The van der Waals surface area contributed by atoms with E-state index in [1.165, 1.54) is 11.1 Å². The summed E-state index contributed by atoms with van der Waals surface area (Å²) in [5, 5.41) is 3.94. The molecule has 0 aliphatic heterocycles. The van der Waals surface area contributed by atoms with Gasteiger partial charge < -0.3 is 15.5 Å². The van der Waals surface area contributed by atoms with Crippen molar-refractivity contribution in [2.45, 2.75) is 39.7 Å². The summed E-state index contributed by atoms with van der Waals surface area (Å²) in [7, 11) is 0. The topological polar surface area (TPSA) is 68.3 Å². The highest BCUT2D eigenvalue weighted by Crippen LogP contribution is 2.25. The first-order valence-corrected chi connectivity index (χ1v) is 6.81. The Bertz CT molecular complexity index is 647. The third-order valence-electron chi connectivity index (χ3n) is 3.61. The summed E-state index contributed by atoms with van der Waals surface area (Å²) in [6, 6.07) is 4.08. The predicted octanol–water partition coefficient (Wildman–Crippen LogP) is 2.87. The second-order valence-electron chi connectivity index (χ2n) is 6.01. The average molecular weight is 311 g/mol. The lowest BCUT2D eigenvalue weighted by Crippen LogP contribution is -2.49. The Kier molecular flexibility index (Phi) is 5.42. The Balaban J connectivity index is 0.00000220. The number of halogens is 1. The van der Waals surface area contributed by atoms with Gasteiger partial charge in [-0.25, -0.2) is 0 Å². The average Bonchev–Trinajstić information content (AvgIpc) is 2.72. The van der Waals surface area contributed by atoms with Crippen LogP contribution >= 0.6 is 12.4 Å². The summed E-state index contributed by atoms with van der Waals surface area (Å²) in [6.45, 7) is 8.33. The minimum atomic E-state index is -0.386. The molecule has 0 atom stereocenters. The maximum Gasteiger partial charge on any atom is 0.225 e. The van der Waals surface area contributed by atoms with Gasteiger partial charge in [-0.3, -0.25) is 4.79 Å². The van der Waals surface area contributed by atoms with E-state index in [1.807, 2.05) is 26.8 Å². The van der Waals surface area contributed by atoms with Gasteiger partial charge in [0.05, 0.1) is 12.7 Å². The molecule has 1 aromatic carbocycles. The fourth-order valence-corrected chi connectivity index (χ4v) is 2.12. The summed E-state index contributed by atoms with van der Waals surface area (Å²) in [6.07, 6.45) is 1.97. The van der Waals surface area contributed by atoms with Gasteiger partial charge in [-0.2, -0.15) is 0 Å². The van der Waals surface area contributed by atoms with Crippen molar-refractivity contribution in [2.24, 2.45) is 5.73 Å². The fourth-order valence-electron chi connectivity index (χ4n) is 2.12. The van der Waals surface area contributed by atoms with Gasteiger partial charge in [-0.15, -0.1) is 12.4 Å². The first kappa shape index (κ1) is 17.5. The van der Waals surface area contributed by atoms with E-state index in [9.17, 15) is 4.79 Å². The fraction of sp³-hybridized carbons (Fsp3) is 0.438. The lowest BCUT2D eigenvalue weighted by Gasteiger charge is -2.24. The second-order valence-corrected chi connectivity index (χ2v) is 6.01.